The minimum atomic E-state index is -0.928. The molecule has 2 rings (SSSR count). The Kier molecular flexibility index (Phi) is 4.87. The number of halogens is 1. The van der Waals surface area contributed by atoms with E-state index in [-0.39, 0.29) is 10.7 Å². The average molecular weight is 326 g/mol. The molecule has 1 N–H and O–H groups in total. The van der Waals surface area contributed by atoms with E-state index in [0.29, 0.717) is 11.6 Å². The van der Waals surface area contributed by atoms with Crippen LogP contribution < -0.4 is 5.32 Å². The fourth-order valence-electron chi connectivity index (χ4n) is 1.73. The maximum atomic E-state index is 11.2. The quantitative estimate of drug-likeness (QED) is 0.673. The highest BCUT2D eigenvalue weighted by Crippen LogP contribution is 2.27. The monoisotopic (exact) mass is 325 g/mol. The molecule has 1 aromatic heterocycles. The Bertz CT molecular complexity index is 709. The number of aromatic nitrogens is 1. The Morgan fingerprint density at radius 3 is 2.81 bits per heavy atom. The van der Waals surface area contributed by atoms with E-state index in [2.05, 4.69) is 10.3 Å². The van der Waals surface area contributed by atoms with Crippen LogP contribution in [0.5, 0.6) is 0 Å². The topological polar surface area (TPSA) is 85.1 Å². The zero-order valence-corrected chi connectivity index (χ0v) is 12.6. The second-order valence-corrected chi connectivity index (χ2v) is 6.17. The van der Waals surface area contributed by atoms with Crippen LogP contribution in [0, 0.1) is 10.1 Å². The van der Waals surface area contributed by atoms with Gasteiger partial charge in [-0.3, -0.25) is 14.3 Å². The summed E-state index contributed by atoms with van der Waals surface area (Å²) in [6, 6.07) is 8.57. The van der Waals surface area contributed by atoms with Crippen molar-refractivity contribution in [2.24, 2.45) is 0 Å². The Balaban J connectivity index is 2.22. The first-order valence-electron chi connectivity index (χ1n) is 5.91. The van der Waals surface area contributed by atoms with E-state index < -0.39 is 15.7 Å². The predicted octanol–water partition coefficient (Wildman–Crippen LogP) is 3.27. The first kappa shape index (κ1) is 15.4. The molecule has 2 aromatic rings. The molecule has 0 aliphatic carbocycles. The molecule has 1 unspecified atom stereocenters. The summed E-state index contributed by atoms with van der Waals surface area (Å²) in [5.41, 5.74) is 1.47. The first-order valence-corrected chi connectivity index (χ1v) is 8.02. The predicted molar refractivity (Wildman–Crippen MR) is 83.4 cm³/mol. The van der Waals surface area contributed by atoms with Crippen molar-refractivity contribution in [2.45, 2.75) is 5.75 Å². The fourth-order valence-corrected chi connectivity index (χ4v) is 2.59. The van der Waals surface area contributed by atoms with Crippen LogP contribution in [0.4, 0.5) is 17.2 Å². The highest BCUT2D eigenvalue weighted by Gasteiger charge is 2.11. The van der Waals surface area contributed by atoms with Crippen LogP contribution in [0.25, 0.3) is 0 Å². The van der Waals surface area contributed by atoms with Gasteiger partial charge in [0.15, 0.2) is 0 Å². The average Bonchev–Trinajstić information content (AvgIpc) is 2.40. The molecule has 0 bridgehead atoms. The third kappa shape index (κ3) is 4.24. The summed E-state index contributed by atoms with van der Waals surface area (Å²) < 4.78 is 11.2. The number of nitrogens with zero attached hydrogens (tertiary/aromatic N) is 2. The molecule has 1 aromatic carbocycles. The van der Waals surface area contributed by atoms with Gasteiger partial charge in [-0.1, -0.05) is 23.7 Å². The van der Waals surface area contributed by atoms with Crippen molar-refractivity contribution in [1.82, 2.24) is 4.98 Å². The van der Waals surface area contributed by atoms with Crippen LogP contribution in [-0.4, -0.2) is 20.4 Å². The molecule has 110 valence electrons. The summed E-state index contributed by atoms with van der Waals surface area (Å²) in [6.07, 6.45) is 2.77. The van der Waals surface area contributed by atoms with Gasteiger partial charge < -0.3 is 5.32 Å². The normalized spacial score (nSPS) is 11.9. The summed E-state index contributed by atoms with van der Waals surface area (Å²) in [6.45, 7) is 0. The Morgan fingerprint density at radius 1 is 1.43 bits per heavy atom. The summed E-state index contributed by atoms with van der Waals surface area (Å²) in [5.74, 6) is 0.786. The Hall–Kier alpha value is -1.99. The number of hydrogen-bond donors (Lipinski definition) is 1. The number of hydrogen-bond acceptors (Lipinski definition) is 5. The van der Waals surface area contributed by atoms with Gasteiger partial charge in [0.2, 0.25) is 0 Å². The minimum Gasteiger partial charge on any atom is -0.339 e. The number of benzene rings is 1. The van der Waals surface area contributed by atoms with Crippen molar-refractivity contribution >= 4 is 39.6 Å². The van der Waals surface area contributed by atoms with Crippen molar-refractivity contribution < 1.29 is 9.13 Å². The summed E-state index contributed by atoms with van der Waals surface area (Å²) in [5, 5.41) is 13.8. The van der Waals surface area contributed by atoms with Crippen molar-refractivity contribution in [3.05, 3.63) is 57.2 Å². The van der Waals surface area contributed by atoms with Crippen molar-refractivity contribution in [1.29, 1.82) is 0 Å². The highest BCUT2D eigenvalue weighted by molar-refractivity contribution is 7.83. The largest absolute Gasteiger partial charge is 0.339 e. The molecule has 0 amide bonds. The van der Waals surface area contributed by atoms with E-state index in [1.165, 1.54) is 6.07 Å². The Labute approximate surface area is 128 Å². The van der Waals surface area contributed by atoms with Crippen LogP contribution in [0.1, 0.15) is 5.56 Å². The van der Waals surface area contributed by atoms with Crippen molar-refractivity contribution in [2.75, 3.05) is 11.6 Å². The lowest BCUT2D eigenvalue weighted by Crippen LogP contribution is -1.98. The molecule has 0 spiro atoms. The molecule has 0 aliphatic rings. The van der Waals surface area contributed by atoms with Crippen LogP contribution in [0.2, 0.25) is 5.02 Å². The van der Waals surface area contributed by atoms with Gasteiger partial charge in [0, 0.05) is 34.6 Å². The van der Waals surface area contributed by atoms with Crippen molar-refractivity contribution in [3.8, 4) is 0 Å². The first-order chi connectivity index (χ1) is 9.95. The van der Waals surface area contributed by atoms with Crippen molar-refractivity contribution in [3.63, 3.8) is 0 Å². The SMILES string of the molecule is CS(=O)Cc1cccc(Nc2ncc([N+](=O)[O-])cc2Cl)c1. The molecule has 0 radical (unpaired) electrons. The lowest BCUT2D eigenvalue weighted by atomic mass is 10.2. The molecule has 6 nitrogen and oxygen atoms in total. The fraction of sp³-hybridized carbons (Fsp3) is 0.154. The molecule has 0 saturated heterocycles. The molecule has 8 heteroatoms. The molecule has 1 atom stereocenters. The zero-order valence-electron chi connectivity index (χ0n) is 11.1. The van der Waals surface area contributed by atoms with E-state index in [0.717, 1.165) is 17.4 Å². The van der Waals surface area contributed by atoms with E-state index in [4.69, 9.17) is 11.6 Å². The third-order valence-electron chi connectivity index (χ3n) is 2.60. The maximum absolute atomic E-state index is 11.2. The highest BCUT2D eigenvalue weighted by atomic mass is 35.5. The lowest BCUT2D eigenvalue weighted by Gasteiger charge is -2.08. The van der Waals surface area contributed by atoms with E-state index in [9.17, 15) is 14.3 Å². The van der Waals surface area contributed by atoms with Gasteiger partial charge in [0.1, 0.15) is 12.0 Å². The van der Waals surface area contributed by atoms with Gasteiger partial charge in [-0.2, -0.15) is 0 Å². The number of rotatable bonds is 5. The van der Waals surface area contributed by atoms with Crippen LogP contribution in [0.3, 0.4) is 0 Å². The minimum absolute atomic E-state index is 0.161. The standard InChI is InChI=1S/C13H12ClN3O3S/c1-21(20)8-9-3-2-4-10(5-9)16-13-12(14)6-11(7-15-13)17(18)19/h2-7H,8H2,1H3,(H,15,16). The summed E-state index contributed by atoms with van der Waals surface area (Å²) >= 11 is 5.97. The van der Waals surface area contributed by atoms with Gasteiger partial charge in [-0.05, 0) is 17.7 Å². The van der Waals surface area contributed by atoms with E-state index >= 15 is 0 Å². The maximum Gasteiger partial charge on any atom is 0.289 e. The van der Waals surface area contributed by atoms with Gasteiger partial charge in [-0.15, -0.1) is 0 Å². The molecular weight excluding hydrogens is 314 g/mol. The molecule has 0 fully saturated rings. The van der Waals surface area contributed by atoms with Crippen LogP contribution >= 0.6 is 11.6 Å². The Morgan fingerprint density at radius 2 is 2.19 bits per heavy atom. The molecule has 21 heavy (non-hydrogen) atoms. The van der Waals surface area contributed by atoms with Crippen LogP contribution in [-0.2, 0) is 16.6 Å². The van der Waals surface area contributed by atoms with Gasteiger partial charge >= 0.3 is 0 Å². The molecule has 0 aliphatic heterocycles. The zero-order chi connectivity index (χ0) is 15.4. The summed E-state index contributed by atoms with van der Waals surface area (Å²) in [7, 11) is -0.928. The van der Waals surface area contributed by atoms with Gasteiger partial charge in [0.25, 0.3) is 5.69 Å². The molecule has 0 saturated carbocycles. The molecular formula is C13H12ClN3O3S. The molecule has 1 heterocycles. The second kappa shape index (κ2) is 6.64. The van der Waals surface area contributed by atoms with E-state index in [1.807, 2.05) is 24.3 Å². The number of nitro groups is 1. The lowest BCUT2D eigenvalue weighted by molar-refractivity contribution is -0.385. The number of anilines is 2. The second-order valence-electron chi connectivity index (χ2n) is 4.32. The van der Waals surface area contributed by atoms with Crippen LogP contribution in [0.15, 0.2) is 36.5 Å². The number of pyridine rings is 1. The third-order valence-corrected chi connectivity index (χ3v) is 3.63. The van der Waals surface area contributed by atoms with E-state index in [1.54, 1.807) is 6.26 Å². The smallest absolute Gasteiger partial charge is 0.289 e. The van der Waals surface area contributed by atoms with Gasteiger partial charge in [0.05, 0.1) is 9.95 Å². The number of nitrogens with one attached hydrogen (secondary N) is 1. The summed E-state index contributed by atoms with van der Waals surface area (Å²) in [4.78, 5) is 14.0. The van der Waals surface area contributed by atoms with Gasteiger partial charge in [-0.25, -0.2) is 4.98 Å².